The maximum Gasteiger partial charge on any atom is 0.250 e. The Morgan fingerprint density at radius 2 is 2.11 bits per heavy atom. The van der Waals surface area contributed by atoms with E-state index in [1.54, 1.807) is 23.5 Å². The number of sulfonamides is 1. The Kier molecular flexibility index (Phi) is 4.52. The lowest BCUT2D eigenvalue weighted by atomic mass is 10.2. The summed E-state index contributed by atoms with van der Waals surface area (Å²) in [5.74, 6) is 0. The third-order valence-corrected chi connectivity index (χ3v) is 6.18. The van der Waals surface area contributed by atoms with Gasteiger partial charge in [-0.25, -0.2) is 13.1 Å². The number of thiophene rings is 2. The summed E-state index contributed by atoms with van der Waals surface area (Å²) in [6.07, 6.45) is 0.706. The SMILES string of the molecule is NCc1ccc(S(=O)(=O)NCCc2ccsc2)s1. The normalized spacial score (nSPS) is 11.8. The zero-order valence-electron chi connectivity index (χ0n) is 9.63. The molecule has 0 saturated heterocycles. The lowest BCUT2D eigenvalue weighted by molar-refractivity contribution is 0.584. The minimum absolute atomic E-state index is 0.327. The average Bonchev–Trinajstić information content (AvgIpc) is 2.99. The molecular formula is C11H14N2O2S3. The molecule has 0 fully saturated rings. The van der Waals surface area contributed by atoms with Gasteiger partial charge in [0.25, 0.3) is 0 Å². The molecule has 18 heavy (non-hydrogen) atoms. The predicted octanol–water partition coefficient (Wildman–Crippen LogP) is 1.79. The van der Waals surface area contributed by atoms with E-state index in [0.717, 1.165) is 10.4 Å². The molecule has 0 saturated carbocycles. The van der Waals surface area contributed by atoms with Crippen LogP contribution in [-0.2, 0) is 23.0 Å². The van der Waals surface area contributed by atoms with E-state index in [-0.39, 0.29) is 0 Å². The van der Waals surface area contributed by atoms with Crippen LogP contribution in [-0.4, -0.2) is 15.0 Å². The molecular weight excluding hydrogens is 288 g/mol. The van der Waals surface area contributed by atoms with Crippen LogP contribution in [0.1, 0.15) is 10.4 Å². The minimum Gasteiger partial charge on any atom is -0.326 e. The number of hydrogen-bond donors (Lipinski definition) is 2. The summed E-state index contributed by atoms with van der Waals surface area (Å²) in [6.45, 7) is 0.782. The third-order valence-electron chi connectivity index (χ3n) is 2.39. The van der Waals surface area contributed by atoms with Gasteiger partial charge in [0.1, 0.15) is 4.21 Å². The Labute approximate surface area is 115 Å². The van der Waals surface area contributed by atoms with Gasteiger partial charge in [0.05, 0.1) is 0 Å². The van der Waals surface area contributed by atoms with Crippen molar-refractivity contribution in [3.05, 3.63) is 39.4 Å². The molecule has 0 aromatic carbocycles. The molecule has 0 radical (unpaired) electrons. The lowest BCUT2D eigenvalue weighted by Crippen LogP contribution is -2.25. The molecule has 98 valence electrons. The Balaban J connectivity index is 1.95. The van der Waals surface area contributed by atoms with Crippen molar-refractivity contribution in [1.82, 2.24) is 4.72 Å². The van der Waals surface area contributed by atoms with Crippen LogP contribution in [0.4, 0.5) is 0 Å². The highest BCUT2D eigenvalue weighted by Gasteiger charge is 2.15. The largest absolute Gasteiger partial charge is 0.326 e. The highest BCUT2D eigenvalue weighted by Crippen LogP contribution is 2.20. The van der Waals surface area contributed by atoms with Gasteiger partial charge in [-0.05, 0) is 40.9 Å². The van der Waals surface area contributed by atoms with Crippen molar-refractivity contribution in [2.75, 3.05) is 6.54 Å². The van der Waals surface area contributed by atoms with E-state index in [1.165, 1.54) is 11.3 Å². The summed E-state index contributed by atoms with van der Waals surface area (Å²) >= 11 is 2.83. The zero-order valence-corrected chi connectivity index (χ0v) is 12.1. The number of rotatable bonds is 6. The van der Waals surface area contributed by atoms with E-state index >= 15 is 0 Å². The molecule has 3 N–H and O–H groups in total. The Morgan fingerprint density at radius 3 is 2.72 bits per heavy atom. The molecule has 0 atom stereocenters. The van der Waals surface area contributed by atoms with Crippen LogP contribution in [0.2, 0.25) is 0 Å². The maximum absolute atomic E-state index is 12.0. The summed E-state index contributed by atoms with van der Waals surface area (Å²) in [5.41, 5.74) is 6.62. The van der Waals surface area contributed by atoms with Crippen molar-refractivity contribution >= 4 is 32.7 Å². The first kappa shape index (κ1) is 13.7. The monoisotopic (exact) mass is 302 g/mol. The van der Waals surface area contributed by atoms with E-state index in [9.17, 15) is 8.42 Å². The smallest absolute Gasteiger partial charge is 0.250 e. The van der Waals surface area contributed by atoms with Crippen molar-refractivity contribution in [3.63, 3.8) is 0 Å². The minimum atomic E-state index is -3.39. The van der Waals surface area contributed by atoms with Crippen LogP contribution in [0.3, 0.4) is 0 Å². The van der Waals surface area contributed by atoms with E-state index in [1.807, 2.05) is 16.8 Å². The molecule has 2 heterocycles. The topological polar surface area (TPSA) is 72.2 Å². The molecule has 0 aliphatic rings. The Morgan fingerprint density at radius 1 is 1.28 bits per heavy atom. The van der Waals surface area contributed by atoms with E-state index in [4.69, 9.17) is 5.73 Å². The fraction of sp³-hybridized carbons (Fsp3) is 0.273. The first-order valence-corrected chi connectivity index (χ1v) is 8.65. The molecule has 7 heteroatoms. The van der Waals surface area contributed by atoms with Gasteiger partial charge in [0, 0.05) is 18.0 Å². The summed E-state index contributed by atoms with van der Waals surface area (Å²) in [4.78, 5) is 0.869. The Bertz CT molecular complexity index is 588. The fourth-order valence-corrected chi connectivity index (χ4v) is 4.46. The average molecular weight is 302 g/mol. The van der Waals surface area contributed by atoms with Gasteiger partial charge in [0.2, 0.25) is 10.0 Å². The number of hydrogen-bond acceptors (Lipinski definition) is 5. The second-order valence-corrected chi connectivity index (χ2v) is 7.65. The molecule has 0 aliphatic heterocycles. The van der Waals surface area contributed by atoms with Crippen LogP contribution in [0.5, 0.6) is 0 Å². The highest BCUT2D eigenvalue weighted by molar-refractivity contribution is 7.91. The molecule has 0 bridgehead atoms. The van der Waals surface area contributed by atoms with Crippen LogP contribution < -0.4 is 10.5 Å². The van der Waals surface area contributed by atoms with Crippen molar-refractivity contribution in [1.29, 1.82) is 0 Å². The number of nitrogens with two attached hydrogens (primary N) is 1. The summed E-state index contributed by atoms with van der Waals surface area (Å²) in [5, 5.41) is 4.00. The standard InChI is InChI=1S/C11H14N2O2S3/c12-7-10-1-2-11(17-10)18(14,15)13-5-3-9-4-6-16-8-9/h1-2,4,6,8,13H,3,5,7,12H2. The molecule has 0 spiro atoms. The van der Waals surface area contributed by atoms with Crippen LogP contribution >= 0.6 is 22.7 Å². The molecule has 0 amide bonds. The third kappa shape index (κ3) is 3.39. The van der Waals surface area contributed by atoms with Crippen molar-refractivity contribution in [2.45, 2.75) is 17.2 Å². The van der Waals surface area contributed by atoms with Gasteiger partial charge in [-0.1, -0.05) is 0 Å². The molecule has 2 aromatic rings. The molecule has 0 unspecified atom stereocenters. The summed E-state index contributed by atoms with van der Waals surface area (Å²) in [6, 6.07) is 5.34. The number of nitrogens with one attached hydrogen (secondary N) is 1. The van der Waals surface area contributed by atoms with Gasteiger partial charge in [-0.15, -0.1) is 11.3 Å². The van der Waals surface area contributed by atoms with E-state index in [0.29, 0.717) is 23.7 Å². The second-order valence-electron chi connectivity index (χ2n) is 3.70. The van der Waals surface area contributed by atoms with Crippen molar-refractivity contribution in [3.8, 4) is 0 Å². The van der Waals surface area contributed by atoms with Crippen molar-refractivity contribution < 1.29 is 8.42 Å². The van der Waals surface area contributed by atoms with Gasteiger partial charge in [-0.3, -0.25) is 0 Å². The zero-order chi connectivity index (χ0) is 13.0. The fourth-order valence-electron chi connectivity index (χ4n) is 1.45. The van der Waals surface area contributed by atoms with Gasteiger partial charge < -0.3 is 5.73 Å². The van der Waals surface area contributed by atoms with Gasteiger partial charge >= 0.3 is 0 Å². The maximum atomic E-state index is 12.0. The molecule has 2 rings (SSSR count). The molecule has 4 nitrogen and oxygen atoms in total. The van der Waals surface area contributed by atoms with Gasteiger partial charge in [0.15, 0.2) is 0 Å². The summed E-state index contributed by atoms with van der Waals surface area (Å²) in [7, 11) is -3.39. The van der Waals surface area contributed by atoms with E-state index in [2.05, 4.69) is 4.72 Å². The summed E-state index contributed by atoms with van der Waals surface area (Å²) < 4.78 is 26.8. The first-order valence-electron chi connectivity index (χ1n) is 5.41. The van der Waals surface area contributed by atoms with E-state index < -0.39 is 10.0 Å². The molecule has 0 aliphatic carbocycles. The Hall–Kier alpha value is -0.730. The lowest BCUT2D eigenvalue weighted by Gasteiger charge is -2.03. The van der Waals surface area contributed by atoms with Crippen LogP contribution in [0.25, 0.3) is 0 Å². The quantitative estimate of drug-likeness (QED) is 0.854. The van der Waals surface area contributed by atoms with Crippen molar-refractivity contribution in [2.24, 2.45) is 5.73 Å². The first-order chi connectivity index (χ1) is 8.62. The molecule has 2 aromatic heterocycles. The van der Waals surface area contributed by atoms with Gasteiger partial charge in [-0.2, -0.15) is 11.3 Å². The highest BCUT2D eigenvalue weighted by atomic mass is 32.2. The van der Waals surface area contributed by atoms with Crippen LogP contribution in [0.15, 0.2) is 33.2 Å². The predicted molar refractivity (Wildman–Crippen MR) is 75.4 cm³/mol. The second kappa shape index (κ2) is 5.94. The van der Waals surface area contributed by atoms with Crippen LogP contribution in [0, 0.1) is 0 Å².